The van der Waals surface area contributed by atoms with Crippen LogP contribution in [0.15, 0.2) is 63.8 Å². The molecule has 0 N–H and O–H groups in total. The van der Waals surface area contributed by atoms with E-state index in [1.807, 2.05) is 6.07 Å². The number of hydrogen-bond donors (Lipinski definition) is 0. The van der Waals surface area contributed by atoms with Crippen molar-refractivity contribution in [1.29, 1.82) is 0 Å². The van der Waals surface area contributed by atoms with Crippen LogP contribution in [0, 0.1) is 17.0 Å². The Morgan fingerprint density at radius 1 is 0.967 bits per heavy atom. The zero-order chi connectivity index (χ0) is 22.1. The molecule has 3 rings (SSSR count). The van der Waals surface area contributed by atoms with Gasteiger partial charge in [0.15, 0.2) is 0 Å². The molecule has 3 aromatic rings. The first kappa shape index (κ1) is 21.0. The van der Waals surface area contributed by atoms with E-state index in [0.29, 0.717) is 16.7 Å². The topological polar surface area (TPSA) is 99.6 Å². The van der Waals surface area contributed by atoms with E-state index in [1.54, 1.807) is 45.0 Å². The average molecular weight is 407 g/mol. The summed E-state index contributed by atoms with van der Waals surface area (Å²) in [5.74, 6) is -0.482. The minimum absolute atomic E-state index is 0.108. The van der Waals surface area contributed by atoms with Crippen LogP contribution in [0.25, 0.3) is 22.3 Å². The molecule has 2 aromatic carbocycles. The fourth-order valence-corrected chi connectivity index (χ4v) is 3.12. The van der Waals surface area contributed by atoms with E-state index in [1.165, 1.54) is 31.2 Å². The highest BCUT2D eigenvalue weighted by molar-refractivity contribution is 6.02. The Balaban J connectivity index is 2.34. The van der Waals surface area contributed by atoms with Crippen molar-refractivity contribution in [3.63, 3.8) is 0 Å². The summed E-state index contributed by atoms with van der Waals surface area (Å²) in [7, 11) is 0. The number of esters is 1. The van der Waals surface area contributed by atoms with Gasteiger partial charge in [0.25, 0.3) is 5.69 Å². The van der Waals surface area contributed by atoms with Crippen molar-refractivity contribution in [3.8, 4) is 22.3 Å². The van der Waals surface area contributed by atoms with Gasteiger partial charge in [-0.15, -0.1) is 0 Å². The zero-order valence-corrected chi connectivity index (χ0v) is 17.1. The number of hydrogen-bond acceptors (Lipinski definition) is 6. The van der Waals surface area contributed by atoms with Gasteiger partial charge < -0.3 is 9.15 Å². The van der Waals surface area contributed by atoms with Crippen molar-refractivity contribution < 1.29 is 18.9 Å². The molecule has 0 fully saturated rings. The second kappa shape index (κ2) is 7.94. The van der Waals surface area contributed by atoms with Gasteiger partial charge in [-0.05, 0) is 51.0 Å². The molecule has 0 unspecified atom stereocenters. The largest absolute Gasteiger partial charge is 0.456 e. The first-order chi connectivity index (χ1) is 14.1. The standard InChI is InChI=1S/C23H21NO6/c1-14-18(22(26)30-23(2,3)4)19(15-8-6-5-7-9-15)20(21(25)29-14)16-10-12-17(13-11-16)24(27)28/h5-13H,1-4H3. The fraction of sp³-hybridized carbons (Fsp3) is 0.217. The van der Waals surface area contributed by atoms with E-state index in [0.717, 1.165) is 0 Å². The molecule has 0 aliphatic carbocycles. The predicted molar refractivity (Wildman–Crippen MR) is 112 cm³/mol. The Labute approximate surface area is 173 Å². The van der Waals surface area contributed by atoms with Crippen molar-refractivity contribution in [2.45, 2.75) is 33.3 Å². The Hall–Kier alpha value is -3.74. The number of carbonyl (C=O) groups is 1. The molecule has 154 valence electrons. The Kier molecular flexibility index (Phi) is 5.56. The van der Waals surface area contributed by atoms with Crippen LogP contribution in [0.4, 0.5) is 5.69 Å². The van der Waals surface area contributed by atoms with Gasteiger partial charge in [0.2, 0.25) is 0 Å². The van der Waals surface area contributed by atoms with Crippen LogP contribution in [-0.2, 0) is 4.74 Å². The second-order valence-corrected chi connectivity index (χ2v) is 7.74. The fourth-order valence-electron chi connectivity index (χ4n) is 3.12. The summed E-state index contributed by atoms with van der Waals surface area (Å²) in [6.07, 6.45) is 0. The van der Waals surface area contributed by atoms with Gasteiger partial charge in [-0.3, -0.25) is 10.1 Å². The summed E-state index contributed by atoms with van der Waals surface area (Å²) in [5, 5.41) is 11.0. The summed E-state index contributed by atoms with van der Waals surface area (Å²) in [4.78, 5) is 36.4. The lowest BCUT2D eigenvalue weighted by molar-refractivity contribution is -0.384. The molecule has 1 heterocycles. The van der Waals surface area contributed by atoms with Gasteiger partial charge in [0.05, 0.1) is 10.5 Å². The van der Waals surface area contributed by atoms with Crippen molar-refractivity contribution in [2.24, 2.45) is 0 Å². The number of ether oxygens (including phenoxy) is 1. The van der Waals surface area contributed by atoms with Gasteiger partial charge in [0, 0.05) is 17.7 Å². The molecule has 0 aliphatic rings. The molecule has 7 heteroatoms. The second-order valence-electron chi connectivity index (χ2n) is 7.74. The summed E-state index contributed by atoms with van der Waals surface area (Å²) >= 11 is 0. The molecule has 0 amide bonds. The maximum atomic E-state index is 13.0. The normalized spacial score (nSPS) is 11.2. The lowest BCUT2D eigenvalue weighted by Crippen LogP contribution is -2.25. The number of nitro groups is 1. The Bertz CT molecular complexity index is 1160. The summed E-state index contributed by atoms with van der Waals surface area (Å²) in [6, 6.07) is 14.5. The van der Waals surface area contributed by atoms with E-state index in [9.17, 15) is 19.7 Å². The average Bonchev–Trinajstić information content (AvgIpc) is 2.66. The van der Waals surface area contributed by atoms with E-state index < -0.39 is 22.1 Å². The van der Waals surface area contributed by atoms with Crippen LogP contribution >= 0.6 is 0 Å². The van der Waals surface area contributed by atoms with Gasteiger partial charge >= 0.3 is 11.6 Å². The third kappa shape index (κ3) is 4.30. The van der Waals surface area contributed by atoms with Crippen LogP contribution < -0.4 is 5.63 Å². The van der Waals surface area contributed by atoms with E-state index in [-0.39, 0.29) is 22.6 Å². The number of benzene rings is 2. The molecule has 30 heavy (non-hydrogen) atoms. The maximum Gasteiger partial charge on any atom is 0.344 e. The van der Waals surface area contributed by atoms with E-state index in [2.05, 4.69) is 0 Å². The van der Waals surface area contributed by atoms with E-state index in [4.69, 9.17) is 9.15 Å². The first-order valence-corrected chi connectivity index (χ1v) is 9.30. The number of carbonyl (C=O) groups excluding carboxylic acids is 1. The lowest BCUT2D eigenvalue weighted by atomic mass is 9.91. The van der Waals surface area contributed by atoms with E-state index >= 15 is 0 Å². The van der Waals surface area contributed by atoms with Gasteiger partial charge in [-0.25, -0.2) is 9.59 Å². The molecule has 0 bridgehead atoms. The SMILES string of the molecule is Cc1oc(=O)c(-c2ccc([N+](=O)[O-])cc2)c(-c2ccccc2)c1C(=O)OC(C)(C)C. The number of nitro benzene ring substituents is 1. The minimum Gasteiger partial charge on any atom is -0.456 e. The predicted octanol–water partition coefficient (Wildman–Crippen LogP) is 5.15. The van der Waals surface area contributed by atoms with Crippen LogP contribution in [-0.4, -0.2) is 16.5 Å². The highest BCUT2D eigenvalue weighted by Gasteiger charge is 2.28. The van der Waals surface area contributed by atoms with Gasteiger partial charge in [-0.1, -0.05) is 30.3 Å². The Morgan fingerprint density at radius 2 is 1.53 bits per heavy atom. The van der Waals surface area contributed by atoms with Crippen LogP contribution in [0.2, 0.25) is 0 Å². The lowest BCUT2D eigenvalue weighted by Gasteiger charge is -2.22. The summed E-state index contributed by atoms with van der Waals surface area (Å²) in [5.41, 5.74) is 0.178. The van der Waals surface area contributed by atoms with Gasteiger partial charge in [0.1, 0.15) is 16.9 Å². The number of rotatable bonds is 4. The smallest absolute Gasteiger partial charge is 0.344 e. The molecular formula is C23H21NO6. The minimum atomic E-state index is -0.749. The summed E-state index contributed by atoms with van der Waals surface area (Å²) < 4.78 is 10.9. The highest BCUT2D eigenvalue weighted by atomic mass is 16.6. The van der Waals surface area contributed by atoms with Gasteiger partial charge in [-0.2, -0.15) is 0 Å². The molecule has 0 saturated heterocycles. The third-order valence-electron chi connectivity index (χ3n) is 4.33. The van der Waals surface area contributed by atoms with Crippen LogP contribution in [0.5, 0.6) is 0 Å². The Morgan fingerprint density at radius 3 is 2.07 bits per heavy atom. The molecule has 1 aromatic heterocycles. The first-order valence-electron chi connectivity index (χ1n) is 9.30. The molecular weight excluding hydrogens is 386 g/mol. The maximum absolute atomic E-state index is 13.0. The molecule has 0 radical (unpaired) electrons. The molecule has 0 atom stereocenters. The van der Waals surface area contributed by atoms with Crippen molar-refractivity contribution in [3.05, 3.63) is 86.5 Å². The van der Waals surface area contributed by atoms with Crippen LogP contribution in [0.1, 0.15) is 36.9 Å². The molecule has 0 aliphatic heterocycles. The molecule has 0 spiro atoms. The molecule has 7 nitrogen and oxygen atoms in total. The van der Waals surface area contributed by atoms with Crippen molar-refractivity contribution >= 4 is 11.7 Å². The highest BCUT2D eigenvalue weighted by Crippen LogP contribution is 2.35. The quantitative estimate of drug-likeness (QED) is 0.337. The molecule has 0 saturated carbocycles. The summed E-state index contributed by atoms with van der Waals surface area (Å²) in [6.45, 7) is 6.78. The zero-order valence-electron chi connectivity index (χ0n) is 17.1. The third-order valence-corrected chi connectivity index (χ3v) is 4.33. The number of non-ortho nitro benzene ring substituents is 1. The van der Waals surface area contributed by atoms with Crippen molar-refractivity contribution in [2.75, 3.05) is 0 Å². The van der Waals surface area contributed by atoms with Crippen LogP contribution in [0.3, 0.4) is 0 Å². The number of aryl methyl sites for hydroxylation is 1. The number of nitrogens with zero attached hydrogens (tertiary/aromatic N) is 1. The van der Waals surface area contributed by atoms with Crippen molar-refractivity contribution in [1.82, 2.24) is 0 Å². The monoisotopic (exact) mass is 407 g/mol.